The summed E-state index contributed by atoms with van der Waals surface area (Å²) in [6, 6.07) is 29.2. The van der Waals surface area contributed by atoms with Crippen LogP contribution in [0.2, 0.25) is 0 Å². The Bertz CT molecular complexity index is 1670. The minimum Gasteiger partial charge on any atom is -0.453 e. The van der Waals surface area contributed by atoms with Gasteiger partial charge < -0.3 is 15.4 Å². The van der Waals surface area contributed by atoms with Crippen molar-refractivity contribution in [3.8, 4) is 17.2 Å². The number of hydrogen-bond acceptors (Lipinski definition) is 5. The second kappa shape index (κ2) is 11.4. The fourth-order valence-corrected chi connectivity index (χ4v) is 3.96. The van der Waals surface area contributed by atoms with Gasteiger partial charge in [-0.3, -0.25) is 9.59 Å². The highest BCUT2D eigenvalue weighted by atomic mass is 19.1. The van der Waals surface area contributed by atoms with Crippen LogP contribution in [0, 0.1) is 12.7 Å². The zero-order valence-electron chi connectivity index (χ0n) is 21.1. The molecule has 39 heavy (non-hydrogen) atoms. The highest BCUT2D eigenvalue weighted by Gasteiger charge is 2.16. The molecule has 5 rings (SSSR count). The second-order valence-corrected chi connectivity index (χ2v) is 8.87. The third-order valence-electron chi connectivity index (χ3n) is 5.92. The summed E-state index contributed by atoms with van der Waals surface area (Å²) in [6.07, 6.45) is 1.48. The minimum absolute atomic E-state index is 0.166. The highest BCUT2D eigenvalue weighted by Crippen LogP contribution is 2.29. The zero-order chi connectivity index (χ0) is 27.2. The Labute approximate surface area is 224 Å². The number of nitrogens with one attached hydrogen (secondary N) is 2. The van der Waals surface area contributed by atoms with Crippen LogP contribution in [-0.2, 0) is 6.54 Å². The molecule has 1 amide bonds. The van der Waals surface area contributed by atoms with Gasteiger partial charge in [-0.05, 0) is 72.6 Å². The molecule has 0 saturated carbocycles. The molecule has 0 aliphatic rings. The third-order valence-corrected chi connectivity index (χ3v) is 5.92. The van der Waals surface area contributed by atoms with Gasteiger partial charge in [-0.1, -0.05) is 48.5 Å². The number of rotatable bonds is 8. The van der Waals surface area contributed by atoms with Gasteiger partial charge in [0.1, 0.15) is 11.6 Å². The largest absolute Gasteiger partial charge is 0.453 e. The van der Waals surface area contributed by atoms with Crippen molar-refractivity contribution in [1.82, 2.24) is 15.1 Å². The smallest absolute Gasteiger partial charge is 0.299 e. The maximum Gasteiger partial charge on any atom is 0.299 e. The van der Waals surface area contributed by atoms with Gasteiger partial charge in [0.25, 0.3) is 11.5 Å². The number of ether oxygens (including phenoxy) is 1. The molecule has 0 saturated heterocycles. The molecule has 0 aliphatic heterocycles. The lowest BCUT2D eigenvalue weighted by molar-refractivity contribution is 0.0951. The predicted molar refractivity (Wildman–Crippen MR) is 148 cm³/mol. The first-order chi connectivity index (χ1) is 19.0. The summed E-state index contributed by atoms with van der Waals surface area (Å²) < 4.78 is 20.5. The maximum atomic E-state index is 13.6. The Hall–Kier alpha value is -5.24. The molecule has 0 unspecified atom stereocenters. The average Bonchev–Trinajstić information content (AvgIpc) is 2.95. The monoisotopic (exact) mass is 520 g/mol. The summed E-state index contributed by atoms with van der Waals surface area (Å²) >= 11 is 0. The van der Waals surface area contributed by atoms with Crippen LogP contribution in [0.1, 0.15) is 21.5 Å². The number of para-hydroxylation sites is 1. The van der Waals surface area contributed by atoms with Crippen LogP contribution in [0.5, 0.6) is 11.5 Å². The van der Waals surface area contributed by atoms with Crippen LogP contribution in [0.4, 0.5) is 15.8 Å². The van der Waals surface area contributed by atoms with E-state index < -0.39 is 5.56 Å². The summed E-state index contributed by atoms with van der Waals surface area (Å²) in [5, 5.41) is 10.3. The SMILES string of the molecule is Cc1cccc(Oc2cnn(-c3ccccc3)c(=O)c2Nc2cccc(C(=O)NCc3ccc(F)cc3)c2)c1. The van der Waals surface area contributed by atoms with E-state index in [-0.39, 0.29) is 29.7 Å². The quantitative estimate of drug-likeness (QED) is 0.257. The fourth-order valence-electron chi connectivity index (χ4n) is 3.96. The number of aryl methyl sites for hydroxylation is 1. The van der Waals surface area contributed by atoms with Gasteiger partial charge in [-0.2, -0.15) is 9.78 Å². The van der Waals surface area contributed by atoms with Crippen molar-refractivity contribution in [2.24, 2.45) is 0 Å². The van der Waals surface area contributed by atoms with Crippen LogP contribution in [0.3, 0.4) is 0 Å². The van der Waals surface area contributed by atoms with E-state index in [0.717, 1.165) is 11.1 Å². The van der Waals surface area contributed by atoms with Crippen molar-refractivity contribution in [1.29, 1.82) is 0 Å². The first-order valence-corrected chi connectivity index (χ1v) is 12.3. The predicted octanol–water partition coefficient (Wildman–Crippen LogP) is 6.15. The van der Waals surface area contributed by atoms with Crippen molar-refractivity contribution < 1.29 is 13.9 Å². The van der Waals surface area contributed by atoms with E-state index in [2.05, 4.69) is 15.7 Å². The molecular formula is C31H25FN4O3. The van der Waals surface area contributed by atoms with Crippen LogP contribution < -0.4 is 20.9 Å². The van der Waals surface area contributed by atoms with Crippen molar-refractivity contribution in [3.63, 3.8) is 0 Å². The third kappa shape index (κ3) is 6.19. The average molecular weight is 521 g/mol. The molecule has 5 aromatic rings. The molecule has 7 nitrogen and oxygen atoms in total. The minimum atomic E-state index is -0.419. The van der Waals surface area contributed by atoms with Crippen molar-refractivity contribution in [2.75, 3.05) is 5.32 Å². The lowest BCUT2D eigenvalue weighted by atomic mass is 10.1. The summed E-state index contributed by atoms with van der Waals surface area (Å²) in [4.78, 5) is 26.4. The second-order valence-electron chi connectivity index (χ2n) is 8.87. The number of benzene rings is 4. The lowest BCUT2D eigenvalue weighted by Crippen LogP contribution is -2.24. The molecule has 0 bridgehead atoms. The maximum absolute atomic E-state index is 13.6. The first kappa shape index (κ1) is 25.4. The number of amides is 1. The van der Waals surface area contributed by atoms with Gasteiger partial charge in [-0.15, -0.1) is 0 Å². The number of aromatic nitrogens is 2. The van der Waals surface area contributed by atoms with Crippen LogP contribution in [0.25, 0.3) is 5.69 Å². The molecule has 194 valence electrons. The van der Waals surface area contributed by atoms with E-state index in [0.29, 0.717) is 22.7 Å². The van der Waals surface area contributed by atoms with Gasteiger partial charge >= 0.3 is 0 Å². The summed E-state index contributed by atoms with van der Waals surface area (Å²) in [6.45, 7) is 2.20. The van der Waals surface area contributed by atoms with E-state index in [1.807, 2.05) is 43.3 Å². The van der Waals surface area contributed by atoms with E-state index >= 15 is 0 Å². The Kier molecular flexibility index (Phi) is 7.45. The van der Waals surface area contributed by atoms with Gasteiger partial charge in [0, 0.05) is 17.8 Å². The first-order valence-electron chi connectivity index (χ1n) is 12.3. The summed E-state index contributed by atoms with van der Waals surface area (Å²) in [5.74, 6) is 0.155. The van der Waals surface area contributed by atoms with E-state index in [1.165, 1.54) is 23.0 Å². The van der Waals surface area contributed by atoms with Crippen molar-refractivity contribution >= 4 is 17.3 Å². The van der Waals surface area contributed by atoms with Crippen LogP contribution in [-0.4, -0.2) is 15.7 Å². The topological polar surface area (TPSA) is 85.2 Å². The summed E-state index contributed by atoms with van der Waals surface area (Å²) in [5.41, 5.74) is 3.03. The molecule has 0 aliphatic carbocycles. The highest BCUT2D eigenvalue weighted by molar-refractivity contribution is 5.95. The van der Waals surface area contributed by atoms with E-state index in [1.54, 1.807) is 54.6 Å². The lowest BCUT2D eigenvalue weighted by Gasteiger charge is -2.15. The Morgan fingerprint density at radius 2 is 1.69 bits per heavy atom. The van der Waals surface area contributed by atoms with Crippen molar-refractivity contribution in [2.45, 2.75) is 13.5 Å². The number of nitrogens with zero attached hydrogens (tertiary/aromatic N) is 2. The van der Waals surface area contributed by atoms with Crippen LogP contribution >= 0.6 is 0 Å². The van der Waals surface area contributed by atoms with E-state index in [9.17, 15) is 14.0 Å². The van der Waals surface area contributed by atoms with Gasteiger partial charge in [-0.25, -0.2) is 4.39 Å². The molecule has 1 heterocycles. The number of hydrogen-bond donors (Lipinski definition) is 2. The summed E-state index contributed by atoms with van der Waals surface area (Å²) in [7, 11) is 0. The molecule has 4 aromatic carbocycles. The molecule has 0 fully saturated rings. The van der Waals surface area contributed by atoms with Crippen LogP contribution in [0.15, 0.2) is 114 Å². The van der Waals surface area contributed by atoms with Gasteiger partial charge in [0.15, 0.2) is 11.4 Å². The fraction of sp³-hybridized carbons (Fsp3) is 0.0645. The van der Waals surface area contributed by atoms with Crippen molar-refractivity contribution in [3.05, 3.63) is 142 Å². The number of carbonyl (C=O) groups is 1. The number of halogens is 1. The number of anilines is 2. The number of carbonyl (C=O) groups excluding carboxylic acids is 1. The van der Waals surface area contributed by atoms with Gasteiger partial charge in [0.05, 0.1) is 11.9 Å². The normalized spacial score (nSPS) is 10.6. The molecule has 0 radical (unpaired) electrons. The van der Waals surface area contributed by atoms with Gasteiger partial charge in [0.2, 0.25) is 0 Å². The Balaban J connectivity index is 1.44. The molecule has 0 spiro atoms. The molecule has 2 N–H and O–H groups in total. The standard InChI is InChI=1S/C31H25FN4O3/c1-21-7-5-12-27(17-21)39-28-20-34-36(26-10-3-2-4-11-26)31(38)29(28)35-25-9-6-8-23(18-25)30(37)33-19-22-13-15-24(32)16-14-22/h2-18,20,35H,19H2,1H3,(H,33,37). The molecular weight excluding hydrogens is 495 g/mol. The zero-order valence-corrected chi connectivity index (χ0v) is 21.1. The Morgan fingerprint density at radius 1 is 0.923 bits per heavy atom. The Morgan fingerprint density at radius 3 is 2.46 bits per heavy atom. The molecule has 1 aromatic heterocycles. The molecule has 8 heteroatoms. The molecule has 0 atom stereocenters. The van der Waals surface area contributed by atoms with E-state index in [4.69, 9.17) is 4.74 Å².